The number of rotatable bonds is 1. The van der Waals surface area contributed by atoms with Gasteiger partial charge in [-0.15, -0.1) is 0 Å². The van der Waals surface area contributed by atoms with Gasteiger partial charge in [-0.3, -0.25) is 4.98 Å². The molecule has 0 atom stereocenters. The molecular formula is C14H14FN5O. The van der Waals surface area contributed by atoms with Crippen molar-refractivity contribution in [1.82, 2.24) is 24.6 Å². The minimum absolute atomic E-state index is 0.194. The monoisotopic (exact) mass is 287 g/mol. The number of fused-ring (bicyclic) bond motifs is 1. The van der Waals surface area contributed by atoms with Crippen molar-refractivity contribution in [3.8, 4) is 17.4 Å². The van der Waals surface area contributed by atoms with Crippen LogP contribution in [0.3, 0.4) is 0 Å². The van der Waals surface area contributed by atoms with Gasteiger partial charge in [-0.1, -0.05) is 20.8 Å². The lowest BCUT2D eigenvalue weighted by Gasteiger charge is -2.16. The van der Waals surface area contributed by atoms with Crippen molar-refractivity contribution in [3.05, 3.63) is 36.0 Å². The lowest BCUT2D eigenvalue weighted by Crippen LogP contribution is -2.11. The van der Waals surface area contributed by atoms with Gasteiger partial charge in [0.25, 0.3) is 0 Å². The number of nitrogens with zero attached hydrogens (tertiary/aromatic N) is 5. The summed E-state index contributed by atoms with van der Waals surface area (Å²) in [6, 6.07) is 0.973. The number of hydrogen-bond donors (Lipinski definition) is 1. The van der Waals surface area contributed by atoms with Gasteiger partial charge in [0.15, 0.2) is 11.5 Å². The van der Waals surface area contributed by atoms with Crippen LogP contribution in [0.4, 0.5) is 4.39 Å². The molecule has 0 aliphatic carbocycles. The molecule has 0 spiro atoms. The highest BCUT2D eigenvalue weighted by molar-refractivity contribution is 5.60. The second-order valence-electron chi connectivity index (χ2n) is 5.78. The smallest absolute Gasteiger partial charge is 0.319 e. The first kappa shape index (κ1) is 13.4. The third-order valence-corrected chi connectivity index (χ3v) is 3.12. The van der Waals surface area contributed by atoms with E-state index in [9.17, 15) is 9.50 Å². The third-order valence-electron chi connectivity index (χ3n) is 3.12. The molecule has 0 unspecified atom stereocenters. The minimum Gasteiger partial charge on any atom is -0.479 e. The fourth-order valence-corrected chi connectivity index (χ4v) is 2.06. The summed E-state index contributed by atoms with van der Waals surface area (Å²) in [5.41, 5.74) is 1.56. The average Bonchev–Trinajstić information content (AvgIpc) is 2.83. The molecule has 3 rings (SSSR count). The number of aromatic nitrogens is 5. The molecule has 21 heavy (non-hydrogen) atoms. The maximum Gasteiger partial charge on any atom is 0.319 e. The first-order valence-electron chi connectivity index (χ1n) is 6.42. The summed E-state index contributed by atoms with van der Waals surface area (Å²) in [5, 5.41) is 14.1. The van der Waals surface area contributed by atoms with Crippen LogP contribution in [-0.2, 0) is 5.41 Å². The zero-order valence-electron chi connectivity index (χ0n) is 11.9. The van der Waals surface area contributed by atoms with Gasteiger partial charge in [0.2, 0.25) is 0 Å². The van der Waals surface area contributed by atoms with E-state index in [-0.39, 0.29) is 17.2 Å². The van der Waals surface area contributed by atoms with Crippen LogP contribution < -0.4 is 0 Å². The lowest BCUT2D eigenvalue weighted by atomic mass is 9.89. The molecule has 1 N–H and O–H groups in total. The molecule has 0 saturated heterocycles. The van der Waals surface area contributed by atoms with Gasteiger partial charge >= 0.3 is 6.01 Å². The Morgan fingerprint density at radius 1 is 1.14 bits per heavy atom. The Morgan fingerprint density at radius 3 is 2.57 bits per heavy atom. The molecule has 0 aromatic carbocycles. The van der Waals surface area contributed by atoms with Crippen LogP contribution in [-0.4, -0.2) is 29.7 Å². The van der Waals surface area contributed by atoms with E-state index in [1.807, 2.05) is 20.8 Å². The first-order valence-corrected chi connectivity index (χ1v) is 6.42. The molecule has 0 bridgehead atoms. The highest BCUT2D eigenvalue weighted by Crippen LogP contribution is 2.28. The zero-order chi connectivity index (χ0) is 15.2. The number of pyridine rings is 1. The normalized spacial score (nSPS) is 12.0. The van der Waals surface area contributed by atoms with Crippen molar-refractivity contribution < 1.29 is 9.50 Å². The van der Waals surface area contributed by atoms with Crippen molar-refractivity contribution in [2.45, 2.75) is 26.2 Å². The van der Waals surface area contributed by atoms with Crippen LogP contribution >= 0.6 is 0 Å². The van der Waals surface area contributed by atoms with Crippen LogP contribution in [0.15, 0.2) is 24.7 Å². The van der Waals surface area contributed by atoms with E-state index in [1.54, 1.807) is 6.20 Å². The van der Waals surface area contributed by atoms with E-state index < -0.39 is 5.82 Å². The summed E-state index contributed by atoms with van der Waals surface area (Å²) in [7, 11) is 0. The van der Waals surface area contributed by atoms with Gasteiger partial charge in [-0.2, -0.15) is 14.6 Å². The SMILES string of the molecule is CC(C)(C)c1cnn2c(O)nc(-c3cncc(F)c3)nc12. The molecule has 3 aromatic heterocycles. The maximum atomic E-state index is 13.3. The Bertz CT molecular complexity index is 822. The van der Waals surface area contributed by atoms with Gasteiger partial charge in [-0.05, 0) is 11.5 Å². The van der Waals surface area contributed by atoms with Gasteiger partial charge in [-0.25, -0.2) is 9.37 Å². The van der Waals surface area contributed by atoms with Crippen molar-refractivity contribution in [2.24, 2.45) is 0 Å². The zero-order valence-corrected chi connectivity index (χ0v) is 11.9. The summed E-state index contributed by atoms with van der Waals surface area (Å²) >= 11 is 0. The molecule has 0 aliphatic rings. The van der Waals surface area contributed by atoms with E-state index >= 15 is 0 Å². The molecule has 0 saturated carbocycles. The molecule has 3 aromatic rings. The Labute approximate surface area is 120 Å². The predicted molar refractivity (Wildman–Crippen MR) is 74.3 cm³/mol. The van der Waals surface area contributed by atoms with Crippen LogP contribution in [0.25, 0.3) is 17.0 Å². The number of aromatic hydroxyl groups is 1. The Morgan fingerprint density at radius 2 is 1.90 bits per heavy atom. The Kier molecular flexibility index (Phi) is 2.86. The van der Waals surface area contributed by atoms with Crippen molar-refractivity contribution >= 4 is 5.65 Å². The van der Waals surface area contributed by atoms with E-state index in [4.69, 9.17) is 0 Å². The second-order valence-corrected chi connectivity index (χ2v) is 5.78. The molecule has 7 heteroatoms. The minimum atomic E-state index is -0.486. The predicted octanol–water partition coefficient (Wildman–Crippen LogP) is 2.33. The van der Waals surface area contributed by atoms with Crippen molar-refractivity contribution in [1.29, 1.82) is 0 Å². The standard InChI is InChI=1S/C14H14FN5O/c1-14(2,3)10-7-17-20-12(10)18-11(19-13(20)21)8-4-9(15)6-16-5-8/h4-7H,1-3H3,(H,18,19,21). The van der Waals surface area contributed by atoms with Crippen molar-refractivity contribution in [2.75, 3.05) is 0 Å². The third kappa shape index (κ3) is 2.31. The lowest BCUT2D eigenvalue weighted by molar-refractivity contribution is 0.412. The molecule has 6 nitrogen and oxygen atoms in total. The number of hydrogen-bond acceptors (Lipinski definition) is 5. The molecular weight excluding hydrogens is 273 g/mol. The van der Waals surface area contributed by atoms with E-state index in [0.717, 1.165) is 11.8 Å². The fraction of sp³-hybridized carbons (Fsp3) is 0.286. The number of halogens is 1. The average molecular weight is 287 g/mol. The van der Waals surface area contributed by atoms with Crippen LogP contribution in [0.1, 0.15) is 26.3 Å². The second kappa shape index (κ2) is 4.47. The molecule has 0 radical (unpaired) electrons. The maximum absolute atomic E-state index is 13.3. The summed E-state index contributed by atoms with van der Waals surface area (Å²) in [4.78, 5) is 12.1. The molecule has 0 amide bonds. The van der Waals surface area contributed by atoms with Crippen molar-refractivity contribution in [3.63, 3.8) is 0 Å². The Balaban J connectivity index is 2.27. The molecule has 108 valence electrons. The van der Waals surface area contributed by atoms with Gasteiger partial charge in [0, 0.05) is 17.3 Å². The van der Waals surface area contributed by atoms with Gasteiger partial charge in [0.05, 0.1) is 12.4 Å². The quantitative estimate of drug-likeness (QED) is 0.743. The molecule has 0 aliphatic heterocycles. The summed E-state index contributed by atoms with van der Waals surface area (Å²) in [6.07, 6.45) is 4.19. The summed E-state index contributed by atoms with van der Waals surface area (Å²) < 4.78 is 14.5. The van der Waals surface area contributed by atoms with E-state index in [1.165, 1.54) is 16.8 Å². The van der Waals surface area contributed by atoms with Gasteiger partial charge in [0.1, 0.15) is 5.82 Å². The van der Waals surface area contributed by atoms with Gasteiger partial charge < -0.3 is 5.11 Å². The highest BCUT2D eigenvalue weighted by atomic mass is 19.1. The highest BCUT2D eigenvalue weighted by Gasteiger charge is 2.22. The topological polar surface area (TPSA) is 76.2 Å². The van der Waals surface area contributed by atoms with E-state index in [0.29, 0.717) is 11.2 Å². The largest absolute Gasteiger partial charge is 0.479 e. The van der Waals surface area contributed by atoms with Crippen LogP contribution in [0.2, 0.25) is 0 Å². The summed E-state index contributed by atoms with van der Waals surface area (Å²) in [5.74, 6) is -0.280. The van der Waals surface area contributed by atoms with Crippen LogP contribution in [0.5, 0.6) is 6.01 Å². The van der Waals surface area contributed by atoms with Crippen LogP contribution in [0, 0.1) is 5.82 Å². The molecule has 3 heterocycles. The van der Waals surface area contributed by atoms with E-state index in [2.05, 4.69) is 20.1 Å². The summed E-state index contributed by atoms with van der Waals surface area (Å²) in [6.45, 7) is 6.06. The molecule has 0 fully saturated rings. The first-order chi connectivity index (χ1) is 9.86. The fourth-order valence-electron chi connectivity index (χ4n) is 2.06. The Hall–Kier alpha value is -2.57.